The van der Waals surface area contributed by atoms with Crippen LogP contribution in [-0.4, -0.2) is 29.3 Å². The van der Waals surface area contributed by atoms with E-state index in [9.17, 15) is 4.39 Å². The lowest BCUT2D eigenvalue weighted by atomic mass is 10.2. The number of halogens is 4. The zero-order valence-electron chi connectivity index (χ0n) is 13.8. The van der Waals surface area contributed by atoms with E-state index in [0.29, 0.717) is 24.5 Å². The molecule has 27 heavy (non-hydrogen) atoms. The van der Waals surface area contributed by atoms with Gasteiger partial charge in [-0.25, -0.2) is 14.4 Å². The van der Waals surface area contributed by atoms with Crippen LogP contribution in [0.25, 0.3) is 10.9 Å². The quantitative estimate of drug-likeness (QED) is 0.359. The number of nitrogens with one attached hydrogen (secondary N) is 1. The molecule has 1 aliphatic heterocycles. The van der Waals surface area contributed by atoms with Crippen LogP contribution in [0.2, 0.25) is 10.0 Å². The summed E-state index contributed by atoms with van der Waals surface area (Å²) in [7, 11) is 0. The van der Waals surface area contributed by atoms with Crippen LogP contribution in [0.1, 0.15) is 6.42 Å². The predicted octanol–water partition coefficient (Wildman–Crippen LogP) is 5.59. The third kappa shape index (κ3) is 3.91. The van der Waals surface area contributed by atoms with Gasteiger partial charge in [0.05, 0.1) is 38.0 Å². The predicted molar refractivity (Wildman–Crippen MR) is 112 cm³/mol. The lowest BCUT2D eigenvalue weighted by molar-refractivity contribution is 0.141. The lowest BCUT2D eigenvalue weighted by Crippen LogP contribution is -2.16. The number of nitrogens with zero attached hydrogens (tertiary/aromatic N) is 2. The molecule has 1 saturated heterocycles. The van der Waals surface area contributed by atoms with Gasteiger partial charge in [0.15, 0.2) is 5.82 Å². The maximum atomic E-state index is 14.4. The fraction of sp³-hybridized carbons (Fsp3) is 0.222. The maximum absolute atomic E-state index is 14.4. The van der Waals surface area contributed by atoms with Crippen molar-refractivity contribution in [3.63, 3.8) is 0 Å². The first-order valence-electron chi connectivity index (χ1n) is 8.12. The number of benzene rings is 2. The average molecular weight is 520 g/mol. The highest BCUT2D eigenvalue weighted by Gasteiger charge is 2.19. The van der Waals surface area contributed by atoms with Gasteiger partial charge in [0.2, 0.25) is 0 Å². The first-order valence-corrected chi connectivity index (χ1v) is 9.95. The van der Waals surface area contributed by atoms with Crippen molar-refractivity contribution in [2.24, 2.45) is 0 Å². The molecule has 9 heteroatoms. The maximum Gasteiger partial charge on any atom is 0.166 e. The Hall–Kier alpha value is -1.42. The van der Waals surface area contributed by atoms with Gasteiger partial charge in [-0.3, -0.25) is 0 Å². The molecule has 2 aromatic carbocycles. The Bertz CT molecular complexity index is 1020. The normalized spacial score (nSPS) is 16.7. The molecule has 5 nitrogen and oxygen atoms in total. The van der Waals surface area contributed by atoms with E-state index in [-0.39, 0.29) is 21.8 Å². The van der Waals surface area contributed by atoms with E-state index in [1.165, 1.54) is 18.5 Å². The van der Waals surface area contributed by atoms with E-state index in [2.05, 4.69) is 37.9 Å². The molecule has 0 amide bonds. The highest BCUT2D eigenvalue weighted by Crippen LogP contribution is 2.34. The fourth-order valence-corrected chi connectivity index (χ4v) is 3.69. The molecule has 0 aliphatic carbocycles. The summed E-state index contributed by atoms with van der Waals surface area (Å²) >= 11 is 13.9. The highest BCUT2D eigenvalue weighted by atomic mass is 127. The van der Waals surface area contributed by atoms with Crippen molar-refractivity contribution in [3.05, 3.63) is 50.0 Å². The summed E-state index contributed by atoms with van der Waals surface area (Å²) in [6.45, 7) is 1.29. The van der Waals surface area contributed by atoms with Gasteiger partial charge in [-0.1, -0.05) is 23.2 Å². The first-order chi connectivity index (χ1) is 13.0. The number of rotatable bonds is 4. The largest absolute Gasteiger partial charge is 0.487 e. The Kier molecular flexibility index (Phi) is 5.54. The summed E-state index contributed by atoms with van der Waals surface area (Å²) in [5, 5.41) is 3.73. The van der Waals surface area contributed by atoms with Gasteiger partial charge in [0.25, 0.3) is 0 Å². The summed E-state index contributed by atoms with van der Waals surface area (Å²) in [4.78, 5) is 8.55. The Morgan fingerprint density at radius 3 is 2.89 bits per heavy atom. The van der Waals surface area contributed by atoms with E-state index in [0.717, 1.165) is 21.1 Å². The van der Waals surface area contributed by atoms with Crippen LogP contribution in [-0.2, 0) is 4.74 Å². The molecule has 4 rings (SSSR count). The Morgan fingerprint density at radius 2 is 2.11 bits per heavy atom. The molecule has 1 aromatic heterocycles. The number of aromatic nitrogens is 2. The van der Waals surface area contributed by atoms with Crippen LogP contribution in [0.4, 0.5) is 15.9 Å². The fourth-order valence-electron chi connectivity index (χ4n) is 2.78. The number of fused-ring (bicyclic) bond motifs is 1. The molecule has 0 saturated carbocycles. The van der Waals surface area contributed by atoms with E-state index in [4.69, 9.17) is 32.7 Å². The molecule has 1 atom stereocenters. The Balaban J connectivity index is 1.70. The highest BCUT2D eigenvalue weighted by molar-refractivity contribution is 14.1. The molecular weight excluding hydrogens is 507 g/mol. The van der Waals surface area contributed by atoms with Gasteiger partial charge < -0.3 is 14.8 Å². The molecule has 1 fully saturated rings. The molecule has 0 bridgehead atoms. The van der Waals surface area contributed by atoms with Crippen LogP contribution < -0.4 is 10.1 Å². The minimum absolute atomic E-state index is 0.0423. The van der Waals surface area contributed by atoms with Gasteiger partial charge in [0.1, 0.15) is 24.0 Å². The van der Waals surface area contributed by atoms with E-state index in [1.54, 1.807) is 0 Å². The van der Waals surface area contributed by atoms with Gasteiger partial charge in [-0.05, 0) is 40.8 Å². The Morgan fingerprint density at radius 1 is 1.26 bits per heavy atom. The van der Waals surface area contributed by atoms with Gasteiger partial charge in [-0.15, -0.1) is 0 Å². The van der Waals surface area contributed by atoms with Crippen molar-refractivity contribution >= 4 is 68.2 Å². The summed E-state index contributed by atoms with van der Waals surface area (Å²) < 4.78 is 26.6. The standard InChI is InChI=1S/C18H13Cl2FIN3O2/c19-11-1-2-13(17(21)16(11)20)25-18-10-5-12(22)15(6-14(10)23-8-24-18)27-9-3-4-26-7-9/h1-2,5-6,8-9H,3-4,7H2,(H,23,24,25)/t9-/m0/s1. The van der Waals surface area contributed by atoms with Crippen molar-refractivity contribution in [1.29, 1.82) is 0 Å². The number of hydrogen-bond acceptors (Lipinski definition) is 5. The molecule has 140 valence electrons. The summed E-state index contributed by atoms with van der Waals surface area (Å²) in [6.07, 6.45) is 2.32. The van der Waals surface area contributed by atoms with E-state index >= 15 is 0 Å². The molecule has 0 unspecified atom stereocenters. The summed E-state index contributed by atoms with van der Waals surface area (Å²) in [6, 6.07) is 6.80. The van der Waals surface area contributed by atoms with Crippen molar-refractivity contribution in [3.8, 4) is 5.75 Å². The second-order valence-corrected chi connectivity index (χ2v) is 7.92. The monoisotopic (exact) mass is 519 g/mol. The van der Waals surface area contributed by atoms with Crippen LogP contribution in [0.5, 0.6) is 5.75 Å². The summed E-state index contributed by atoms with van der Waals surface area (Å²) in [5.74, 6) is 0.571. The second kappa shape index (κ2) is 7.90. The zero-order chi connectivity index (χ0) is 19.0. The van der Waals surface area contributed by atoms with Crippen molar-refractivity contribution in [2.45, 2.75) is 12.5 Å². The van der Waals surface area contributed by atoms with E-state index in [1.807, 2.05) is 12.1 Å². The molecule has 1 aliphatic rings. The van der Waals surface area contributed by atoms with Crippen LogP contribution >= 0.6 is 45.8 Å². The van der Waals surface area contributed by atoms with Crippen molar-refractivity contribution < 1.29 is 13.9 Å². The minimum Gasteiger partial charge on any atom is -0.487 e. The van der Waals surface area contributed by atoms with Gasteiger partial charge in [0, 0.05) is 17.9 Å². The third-order valence-corrected chi connectivity index (χ3v) is 5.78. The molecular formula is C18H13Cl2FIN3O2. The topological polar surface area (TPSA) is 56.3 Å². The van der Waals surface area contributed by atoms with E-state index < -0.39 is 5.82 Å². The third-order valence-electron chi connectivity index (χ3n) is 4.16. The van der Waals surface area contributed by atoms with Crippen LogP contribution in [0, 0.1) is 9.39 Å². The van der Waals surface area contributed by atoms with Gasteiger partial charge in [-0.2, -0.15) is 0 Å². The number of anilines is 2. The number of hydrogen-bond donors (Lipinski definition) is 1. The van der Waals surface area contributed by atoms with Crippen LogP contribution in [0.15, 0.2) is 30.6 Å². The second-order valence-electron chi connectivity index (χ2n) is 5.97. The molecule has 1 N–H and O–H groups in total. The molecule has 0 spiro atoms. The minimum atomic E-state index is -0.633. The van der Waals surface area contributed by atoms with Crippen LogP contribution in [0.3, 0.4) is 0 Å². The summed E-state index contributed by atoms with van der Waals surface area (Å²) in [5.41, 5.74) is 0.866. The number of ether oxygens (including phenoxy) is 2. The van der Waals surface area contributed by atoms with Crippen molar-refractivity contribution in [2.75, 3.05) is 18.5 Å². The smallest absolute Gasteiger partial charge is 0.166 e. The van der Waals surface area contributed by atoms with Crippen molar-refractivity contribution in [1.82, 2.24) is 9.97 Å². The molecule has 0 radical (unpaired) electrons. The SMILES string of the molecule is Fc1c(Nc2ncnc3cc(O[C@H]4CCOC4)c(I)cc23)ccc(Cl)c1Cl. The Labute approximate surface area is 178 Å². The molecule has 3 aromatic rings. The first kappa shape index (κ1) is 18.9. The zero-order valence-corrected chi connectivity index (χ0v) is 17.5. The molecule has 2 heterocycles. The average Bonchev–Trinajstić information content (AvgIpc) is 3.16. The van der Waals surface area contributed by atoms with Gasteiger partial charge >= 0.3 is 0 Å². The lowest BCUT2D eigenvalue weighted by Gasteiger charge is -2.15.